The Morgan fingerprint density at radius 1 is 1.07 bits per heavy atom. The zero-order chi connectivity index (χ0) is 28.5. The van der Waals surface area contributed by atoms with E-state index in [-0.39, 0.29) is 29.5 Å². The molecule has 2 N–H and O–H groups in total. The number of fused-ring (bicyclic) bond motifs is 1. The molecule has 0 radical (unpaired) electrons. The van der Waals surface area contributed by atoms with Crippen LogP contribution in [-0.2, 0) is 4.74 Å². The van der Waals surface area contributed by atoms with Crippen molar-refractivity contribution in [1.29, 1.82) is 0 Å². The fourth-order valence-corrected chi connectivity index (χ4v) is 4.82. The van der Waals surface area contributed by atoms with Crippen molar-refractivity contribution in [2.45, 2.75) is 38.6 Å². The summed E-state index contributed by atoms with van der Waals surface area (Å²) in [5.41, 5.74) is 2.99. The summed E-state index contributed by atoms with van der Waals surface area (Å²) >= 11 is 0. The topological polar surface area (TPSA) is 112 Å². The van der Waals surface area contributed by atoms with E-state index < -0.39 is 11.6 Å². The van der Waals surface area contributed by atoms with Crippen molar-refractivity contribution in [2.75, 3.05) is 32.2 Å². The van der Waals surface area contributed by atoms with Gasteiger partial charge in [0.15, 0.2) is 28.5 Å². The Bertz CT molecular complexity index is 1600. The van der Waals surface area contributed by atoms with Crippen LogP contribution in [0.3, 0.4) is 0 Å². The number of nitrogens with zero attached hydrogens (tertiary/aromatic N) is 4. The smallest absolute Gasteiger partial charge is 0.326 e. The third-order valence-corrected chi connectivity index (χ3v) is 7.35. The molecular formula is C29H30F2N6O4. The average Bonchev–Trinajstić information content (AvgIpc) is 3.69. The number of imidazole rings is 1. The number of carbonyl (C=O) groups excluding carboxylic acids is 1. The van der Waals surface area contributed by atoms with Gasteiger partial charge in [0.25, 0.3) is 5.91 Å². The second kappa shape index (κ2) is 11.3. The zero-order valence-corrected chi connectivity index (χ0v) is 22.7. The third kappa shape index (κ3) is 5.64. The van der Waals surface area contributed by atoms with Crippen LogP contribution >= 0.6 is 0 Å². The minimum Gasteiger partial charge on any atom is -0.494 e. The van der Waals surface area contributed by atoms with Crippen LogP contribution < -0.4 is 20.1 Å². The van der Waals surface area contributed by atoms with E-state index in [0.29, 0.717) is 48.2 Å². The normalized spacial score (nSPS) is 15.6. The summed E-state index contributed by atoms with van der Waals surface area (Å²) in [4.78, 5) is 26.2. The summed E-state index contributed by atoms with van der Waals surface area (Å²) in [7, 11) is 1.25. The van der Waals surface area contributed by atoms with E-state index in [1.807, 2.05) is 19.1 Å². The first kappa shape index (κ1) is 26.9. The van der Waals surface area contributed by atoms with Gasteiger partial charge in [0.1, 0.15) is 6.33 Å². The van der Waals surface area contributed by atoms with Crippen LogP contribution in [0.5, 0.6) is 17.5 Å². The number of hydrogen-bond acceptors (Lipinski definition) is 8. The molecule has 214 valence electrons. The molecule has 2 fully saturated rings. The number of anilines is 1. The van der Waals surface area contributed by atoms with Crippen LogP contribution in [0.25, 0.3) is 16.9 Å². The van der Waals surface area contributed by atoms with Crippen molar-refractivity contribution < 1.29 is 27.8 Å². The minimum absolute atomic E-state index is 0.0987. The summed E-state index contributed by atoms with van der Waals surface area (Å²) in [6.45, 7) is 3.89. The largest absolute Gasteiger partial charge is 0.494 e. The first-order valence-electron chi connectivity index (χ1n) is 13.6. The van der Waals surface area contributed by atoms with Gasteiger partial charge < -0.3 is 24.8 Å². The minimum atomic E-state index is -1.21. The van der Waals surface area contributed by atoms with E-state index in [1.165, 1.54) is 19.2 Å². The van der Waals surface area contributed by atoms with Gasteiger partial charge in [0, 0.05) is 37.1 Å². The van der Waals surface area contributed by atoms with Crippen molar-refractivity contribution >= 4 is 22.9 Å². The SMILES string of the molecule is COc1ccc(Oc2nc(NCC3CCOCC3)c3ncn(-c4ccc(C(=O)NC5CC5)c(C)c4)c3n2)c(F)c1F. The molecule has 1 aliphatic carbocycles. The van der Waals surface area contributed by atoms with Crippen LogP contribution in [0.4, 0.5) is 14.6 Å². The first-order valence-corrected chi connectivity index (χ1v) is 13.6. The number of nitrogens with one attached hydrogen (secondary N) is 2. The molecule has 4 aromatic rings. The van der Waals surface area contributed by atoms with Crippen molar-refractivity contribution in [2.24, 2.45) is 5.92 Å². The molecule has 1 amide bonds. The van der Waals surface area contributed by atoms with Gasteiger partial charge in [-0.25, -0.2) is 4.98 Å². The molecular weight excluding hydrogens is 534 g/mol. The third-order valence-electron chi connectivity index (χ3n) is 7.35. The monoisotopic (exact) mass is 564 g/mol. The van der Waals surface area contributed by atoms with Crippen LogP contribution in [0, 0.1) is 24.5 Å². The van der Waals surface area contributed by atoms with Crippen LogP contribution in [0.2, 0.25) is 0 Å². The number of rotatable bonds is 9. The molecule has 2 aromatic carbocycles. The number of carbonyl (C=O) groups is 1. The Labute approximate surface area is 235 Å². The second-order valence-corrected chi connectivity index (χ2v) is 10.3. The molecule has 0 bridgehead atoms. The molecule has 41 heavy (non-hydrogen) atoms. The summed E-state index contributed by atoms with van der Waals surface area (Å²) in [5, 5.41) is 6.36. The standard InChI is InChI=1S/C29H30F2N6O4/c1-16-13-19(5-6-20(16)28(38)34-18-3-4-18)37-15-33-25-26(32-14-17-9-11-40-12-10-17)35-29(36-27(25)37)41-22-8-7-21(39-2)23(30)24(22)31/h5-8,13,15,17-18H,3-4,9-12,14H2,1-2H3,(H,34,38)(H,32,35,36). The molecule has 0 atom stereocenters. The highest BCUT2D eigenvalue weighted by molar-refractivity contribution is 5.96. The molecule has 3 heterocycles. The van der Waals surface area contributed by atoms with E-state index >= 15 is 0 Å². The lowest BCUT2D eigenvalue weighted by molar-refractivity contribution is 0.0699. The molecule has 1 aliphatic heterocycles. The molecule has 1 saturated heterocycles. The van der Waals surface area contributed by atoms with Gasteiger partial charge >= 0.3 is 6.01 Å². The summed E-state index contributed by atoms with van der Waals surface area (Å²) in [5.74, 6) is -2.33. The Kier molecular flexibility index (Phi) is 7.39. The second-order valence-electron chi connectivity index (χ2n) is 10.3. The predicted molar refractivity (Wildman–Crippen MR) is 147 cm³/mol. The Morgan fingerprint density at radius 3 is 2.56 bits per heavy atom. The van der Waals surface area contributed by atoms with Crippen molar-refractivity contribution in [3.63, 3.8) is 0 Å². The van der Waals surface area contributed by atoms with Gasteiger partial charge in [-0.15, -0.1) is 0 Å². The number of methoxy groups -OCH3 is 1. The molecule has 10 nitrogen and oxygen atoms in total. The number of aromatic nitrogens is 4. The average molecular weight is 565 g/mol. The lowest BCUT2D eigenvalue weighted by atomic mass is 10.0. The number of amides is 1. The maximum Gasteiger partial charge on any atom is 0.326 e. The predicted octanol–water partition coefficient (Wildman–Crippen LogP) is 4.93. The molecule has 0 spiro atoms. The summed E-state index contributed by atoms with van der Waals surface area (Å²) < 4.78 is 46.8. The molecule has 2 aromatic heterocycles. The molecule has 2 aliphatic rings. The van der Waals surface area contributed by atoms with Gasteiger partial charge in [-0.2, -0.15) is 18.7 Å². The quantitative estimate of drug-likeness (QED) is 0.294. The molecule has 12 heteroatoms. The maximum absolute atomic E-state index is 14.7. The van der Waals surface area contributed by atoms with E-state index in [9.17, 15) is 13.6 Å². The number of ether oxygens (including phenoxy) is 3. The highest BCUT2D eigenvalue weighted by Gasteiger charge is 2.25. The van der Waals surface area contributed by atoms with Crippen LogP contribution in [0.1, 0.15) is 41.6 Å². The number of benzene rings is 2. The Balaban J connectivity index is 1.36. The van der Waals surface area contributed by atoms with Gasteiger partial charge in [0.2, 0.25) is 11.6 Å². The number of aryl methyl sites for hydroxylation is 1. The highest BCUT2D eigenvalue weighted by Crippen LogP contribution is 2.32. The van der Waals surface area contributed by atoms with Gasteiger partial charge in [-0.1, -0.05) is 0 Å². The lowest BCUT2D eigenvalue weighted by Gasteiger charge is -2.22. The Hall–Kier alpha value is -4.32. The van der Waals surface area contributed by atoms with Gasteiger partial charge in [0.05, 0.1) is 7.11 Å². The van der Waals surface area contributed by atoms with Gasteiger partial charge in [-0.05, 0) is 74.4 Å². The zero-order valence-electron chi connectivity index (χ0n) is 22.7. The first-order chi connectivity index (χ1) is 19.9. The number of halogens is 2. The number of hydrogen-bond donors (Lipinski definition) is 2. The van der Waals surface area contributed by atoms with E-state index in [2.05, 4.69) is 25.6 Å². The van der Waals surface area contributed by atoms with Crippen LogP contribution in [-0.4, -0.2) is 58.3 Å². The fourth-order valence-electron chi connectivity index (χ4n) is 4.82. The molecule has 0 unspecified atom stereocenters. The summed E-state index contributed by atoms with van der Waals surface area (Å²) in [6, 6.07) is 8.05. The lowest BCUT2D eigenvalue weighted by Crippen LogP contribution is -2.26. The highest BCUT2D eigenvalue weighted by atomic mass is 19.2. The molecule has 1 saturated carbocycles. The van der Waals surface area contributed by atoms with Crippen molar-refractivity contribution in [1.82, 2.24) is 24.8 Å². The van der Waals surface area contributed by atoms with Crippen molar-refractivity contribution in [3.05, 3.63) is 59.4 Å². The van der Waals surface area contributed by atoms with E-state index in [0.717, 1.165) is 36.9 Å². The van der Waals surface area contributed by atoms with E-state index in [1.54, 1.807) is 17.0 Å². The van der Waals surface area contributed by atoms with Crippen molar-refractivity contribution in [3.8, 4) is 23.2 Å². The Morgan fingerprint density at radius 2 is 1.83 bits per heavy atom. The maximum atomic E-state index is 14.7. The fraction of sp³-hybridized carbons (Fsp3) is 0.379. The van der Waals surface area contributed by atoms with E-state index in [4.69, 9.17) is 14.2 Å². The molecule has 6 rings (SSSR count). The van der Waals surface area contributed by atoms with Gasteiger partial charge in [-0.3, -0.25) is 9.36 Å². The van der Waals surface area contributed by atoms with Crippen LogP contribution in [0.15, 0.2) is 36.7 Å². The summed E-state index contributed by atoms with van der Waals surface area (Å²) in [6.07, 6.45) is 5.44.